The highest BCUT2D eigenvalue weighted by atomic mass is 19.1. The lowest BCUT2D eigenvalue weighted by Gasteiger charge is -2.41. The summed E-state index contributed by atoms with van der Waals surface area (Å²) in [5.74, 6) is 0.188. The SMILES string of the molecule is CCOC(=O)C1(Cc2cc(-c3ccc(F)cc3)no2)CCCN(C(=O)C2CCCC2)C1. The Bertz CT molecular complexity index is 920. The molecule has 1 saturated heterocycles. The van der Waals surface area contributed by atoms with E-state index in [0.717, 1.165) is 37.7 Å². The molecule has 7 heteroatoms. The Morgan fingerprint density at radius 2 is 1.97 bits per heavy atom. The number of halogens is 1. The number of aromatic nitrogens is 1. The van der Waals surface area contributed by atoms with E-state index in [4.69, 9.17) is 9.26 Å². The van der Waals surface area contributed by atoms with Crippen LogP contribution in [0.15, 0.2) is 34.9 Å². The molecule has 2 heterocycles. The van der Waals surface area contributed by atoms with Crippen molar-refractivity contribution in [3.63, 3.8) is 0 Å². The summed E-state index contributed by atoms with van der Waals surface area (Å²) < 4.78 is 24.2. The first-order chi connectivity index (χ1) is 15.0. The fourth-order valence-corrected chi connectivity index (χ4v) is 4.90. The van der Waals surface area contributed by atoms with E-state index in [9.17, 15) is 14.0 Å². The van der Waals surface area contributed by atoms with Crippen molar-refractivity contribution >= 4 is 11.9 Å². The maximum atomic E-state index is 13.2. The van der Waals surface area contributed by atoms with Gasteiger partial charge in [0.15, 0.2) is 0 Å². The molecule has 1 saturated carbocycles. The molecule has 6 nitrogen and oxygen atoms in total. The van der Waals surface area contributed by atoms with E-state index < -0.39 is 5.41 Å². The van der Waals surface area contributed by atoms with Crippen molar-refractivity contribution in [2.24, 2.45) is 11.3 Å². The van der Waals surface area contributed by atoms with Gasteiger partial charge in [0, 0.05) is 37.1 Å². The van der Waals surface area contributed by atoms with Crippen LogP contribution in [0.4, 0.5) is 4.39 Å². The molecule has 1 aromatic heterocycles. The van der Waals surface area contributed by atoms with Gasteiger partial charge in [0.05, 0.1) is 12.0 Å². The highest BCUT2D eigenvalue weighted by Gasteiger charge is 2.46. The number of hydrogen-bond donors (Lipinski definition) is 0. The number of rotatable bonds is 6. The molecule has 0 N–H and O–H groups in total. The van der Waals surface area contributed by atoms with Gasteiger partial charge in [-0.1, -0.05) is 18.0 Å². The molecule has 0 bridgehead atoms. The summed E-state index contributed by atoms with van der Waals surface area (Å²) in [6, 6.07) is 7.81. The van der Waals surface area contributed by atoms with Gasteiger partial charge in [-0.15, -0.1) is 0 Å². The summed E-state index contributed by atoms with van der Waals surface area (Å²) in [6.07, 6.45) is 5.75. The molecule has 1 aromatic carbocycles. The number of hydrogen-bond acceptors (Lipinski definition) is 5. The molecule has 1 atom stereocenters. The van der Waals surface area contributed by atoms with Crippen molar-refractivity contribution in [3.05, 3.63) is 41.9 Å². The fourth-order valence-electron chi connectivity index (χ4n) is 4.90. The second-order valence-electron chi connectivity index (χ2n) is 8.71. The van der Waals surface area contributed by atoms with Crippen LogP contribution in [0.3, 0.4) is 0 Å². The van der Waals surface area contributed by atoms with E-state index >= 15 is 0 Å². The number of amides is 1. The maximum Gasteiger partial charge on any atom is 0.314 e. The molecule has 31 heavy (non-hydrogen) atoms. The minimum absolute atomic E-state index is 0.0772. The number of likely N-dealkylation sites (tertiary alicyclic amines) is 1. The van der Waals surface area contributed by atoms with E-state index in [0.29, 0.717) is 37.4 Å². The van der Waals surface area contributed by atoms with Crippen molar-refractivity contribution in [1.82, 2.24) is 10.1 Å². The molecule has 2 aliphatic rings. The Kier molecular flexibility index (Phi) is 6.39. The second-order valence-corrected chi connectivity index (χ2v) is 8.71. The average molecular weight is 429 g/mol. The van der Waals surface area contributed by atoms with Crippen LogP contribution < -0.4 is 0 Å². The molecule has 2 aromatic rings. The van der Waals surface area contributed by atoms with Gasteiger partial charge in [0.25, 0.3) is 0 Å². The molecule has 2 fully saturated rings. The van der Waals surface area contributed by atoms with E-state index in [1.807, 2.05) is 4.90 Å². The molecule has 0 radical (unpaired) electrons. The molecule has 1 unspecified atom stereocenters. The van der Waals surface area contributed by atoms with Crippen molar-refractivity contribution in [2.75, 3.05) is 19.7 Å². The number of ether oxygens (including phenoxy) is 1. The van der Waals surface area contributed by atoms with Gasteiger partial charge in [-0.25, -0.2) is 4.39 Å². The molecular weight excluding hydrogens is 399 g/mol. The first-order valence-electron chi connectivity index (χ1n) is 11.2. The van der Waals surface area contributed by atoms with Gasteiger partial charge < -0.3 is 14.2 Å². The maximum absolute atomic E-state index is 13.2. The van der Waals surface area contributed by atoms with Crippen LogP contribution in [0.1, 0.15) is 51.2 Å². The van der Waals surface area contributed by atoms with Gasteiger partial charge in [0.2, 0.25) is 5.91 Å². The first kappa shape index (κ1) is 21.5. The van der Waals surface area contributed by atoms with Crippen LogP contribution in [0.5, 0.6) is 0 Å². The lowest BCUT2D eigenvalue weighted by atomic mass is 9.76. The predicted molar refractivity (Wildman–Crippen MR) is 112 cm³/mol. The highest BCUT2D eigenvalue weighted by Crippen LogP contribution is 2.38. The van der Waals surface area contributed by atoms with E-state index in [1.54, 1.807) is 25.1 Å². The van der Waals surface area contributed by atoms with Gasteiger partial charge in [0.1, 0.15) is 17.3 Å². The predicted octanol–water partition coefficient (Wildman–Crippen LogP) is 4.39. The summed E-state index contributed by atoms with van der Waals surface area (Å²) in [4.78, 5) is 28.0. The largest absolute Gasteiger partial charge is 0.466 e. The van der Waals surface area contributed by atoms with Gasteiger partial charge in [-0.3, -0.25) is 9.59 Å². The second kappa shape index (κ2) is 9.20. The van der Waals surface area contributed by atoms with Crippen molar-refractivity contribution in [3.8, 4) is 11.3 Å². The zero-order valence-corrected chi connectivity index (χ0v) is 17.9. The summed E-state index contributed by atoms with van der Waals surface area (Å²) in [5, 5.41) is 4.11. The van der Waals surface area contributed by atoms with Gasteiger partial charge in [-0.05, 0) is 56.9 Å². The normalized spacial score (nSPS) is 21.9. The van der Waals surface area contributed by atoms with E-state index in [2.05, 4.69) is 5.16 Å². The van der Waals surface area contributed by atoms with Crippen LogP contribution in [0.2, 0.25) is 0 Å². The third kappa shape index (κ3) is 4.65. The minimum atomic E-state index is -0.845. The minimum Gasteiger partial charge on any atom is -0.466 e. The molecule has 4 rings (SSSR count). The Labute approximate surface area is 181 Å². The lowest BCUT2D eigenvalue weighted by molar-refractivity contribution is -0.161. The monoisotopic (exact) mass is 428 g/mol. The Balaban J connectivity index is 1.55. The molecule has 1 amide bonds. The number of carbonyl (C=O) groups is 2. The number of nitrogens with zero attached hydrogens (tertiary/aromatic N) is 2. The summed E-state index contributed by atoms with van der Waals surface area (Å²) in [5.41, 5.74) is 0.481. The average Bonchev–Trinajstić information content (AvgIpc) is 3.47. The number of esters is 1. The first-order valence-corrected chi connectivity index (χ1v) is 11.2. The number of piperidine rings is 1. The number of benzene rings is 1. The van der Waals surface area contributed by atoms with Crippen LogP contribution in [0, 0.1) is 17.2 Å². The topological polar surface area (TPSA) is 72.6 Å². The van der Waals surface area contributed by atoms with Crippen molar-refractivity contribution in [2.45, 2.75) is 51.9 Å². The third-order valence-electron chi connectivity index (χ3n) is 6.51. The molecule has 166 valence electrons. The molecule has 1 aliphatic heterocycles. The number of carbonyl (C=O) groups excluding carboxylic acids is 2. The summed E-state index contributed by atoms with van der Waals surface area (Å²) in [7, 11) is 0. The lowest BCUT2D eigenvalue weighted by Crippen LogP contribution is -2.52. The van der Waals surface area contributed by atoms with Crippen LogP contribution in [-0.2, 0) is 20.7 Å². The summed E-state index contributed by atoms with van der Waals surface area (Å²) in [6.45, 7) is 3.09. The fraction of sp³-hybridized carbons (Fsp3) is 0.542. The van der Waals surface area contributed by atoms with Gasteiger partial charge in [-0.2, -0.15) is 0 Å². The van der Waals surface area contributed by atoms with Crippen molar-refractivity contribution < 1.29 is 23.2 Å². The smallest absolute Gasteiger partial charge is 0.314 e. The van der Waals surface area contributed by atoms with E-state index in [-0.39, 0.29) is 30.2 Å². The zero-order chi connectivity index (χ0) is 21.8. The molecular formula is C24H29FN2O4. The standard InChI is InChI=1S/C24H29FN2O4/c1-2-30-23(29)24(12-5-13-27(16-24)22(28)18-6-3-4-7-18)15-20-14-21(26-31-20)17-8-10-19(25)11-9-17/h8-11,14,18H,2-7,12-13,15-16H2,1H3. The third-order valence-corrected chi connectivity index (χ3v) is 6.51. The van der Waals surface area contributed by atoms with Crippen LogP contribution >= 0.6 is 0 Å². The molecule has 1 aliphatic carbocycles. The highest BCUT2D eigenvalue weighted by molar-refractivity contribution is 5.82. The Morgan fingerprint density at radius 3 is 2.68 bits per heavy atom. The Hall–Kier alpha value is -2.70. The zero-order valence-electron chi connectivity index (χ0n) is 17.9. The quantitative estimate of drug-likeness (QED) is 0.638. The van der Waals surface area contributed by atoms with E-state index in [1.165, 1.54) is 12.1 Å². The van der Waals surface area contributed by atoms with Gasteiger partial charge >= 0.3 is 5.97 Å². The Morgan fingerprint density at radius 1 is 1.23 bits per heavy atom. The van der Waals surface area contributed by atoms with Crippen molar-refractivity contribution in [1.29, 1.82) is 0 Å². The van der Waals surface area contributed by atoms with Crippen LogP contribution in [0.25, 0.3) is 11.3 Å². The van der Waals surface area contributed by atoms with Crippen LogP contribution in [-0.4, -0.2) is 41.6 Å². The molecule has 0 spiro atoms. The summed E-state index contributed by atoms with van der Waals surface area (Å²) >= 11 is 0.